The number of benzene rings is 2. The summed E-state index contributed by atoms with van der Waals surface area (Å²) in [6, 6.07) is 14.8. The number of hydrogen-bond donors (Lipinski definition) is 3. The van der Waals surface area contributed by atoms with Gasteiger partial charge in [0.2, 0.25) is 11.8 Å². The van der Waals surface area contributed by atoms with Crippen LogP contribution >= 0.6 is 0 Å². The second-order valence-electron chi connectivity index (χ2n) is 11.0. The van der Waals surface area contributed by atoms with Crippen LogP contribution in [0.2, 0.25) is 0 Å². The molecule has 2 aromatic carbocycles. The van der Waals surface area contributed by atoms with E-state index in [4.69, 9.17) is 16.9 Å². The minimum Gasteiger partial charge on any atom is -0.437 e. The van der Waals surface area contributed by atoms with Crippen LogP contribution in [0.15, 0.2) is 65.7 Å². The number of hydrogen-bond acceptors (Lipinski definition) is 7. The van der Waals surface area contributed by atoms with Gasteiger partial charge >= 0.3 is 0 Å². The first-order chi connectivity index (χ1) is 19.6. The number of anilines is 1. The molecule has 5 rings (SSSR count). The van der Waals surface area contributed by atoms with Crippen molar-refractivity contribution in [3.05, 3.63) is 82.7 Å². The maximum absolute atomic E-state index is 13.7. The summed E-state index contributed by atoms with van der Waals surface area (Å²) >= 11 is 0. The number of terminal acetylenes is 1. The van der Waals surface area contributed by atoms with Crippen molar-refractivity contribution in [3.8, 4) is 24.0 Å². The molecule has 9 nitrogen and oxygen atoms in total. The standard InChI is InChI=1S/C31H33FN4O5/c1-2-30(39)13-12-24(25(18-30)21-6-4-3-5-7-21)28(37)35-16-14-31(40,15-17-35)19-36-20-34-27(26(33)29(36)38)41-23-10-8-22(32)9-11-23/h1,3-11,20,24-25,39-40H,12-19,33H2/t24-,25+,30+/m1/s1. The quantitative estimate of drug-likeness (QED) is 0.395. The van der Waals surface area contributed by atoms with E-state index >= 15 is 0 Å². The second-order valence-corrected chi connectivity index (χ2v) is 11.0. The van der Waals surface area contributed by atoms with Crippen LogP contribution in [0, 0.1) is 24.1 Å². The average molecular weight is 561 g/mol. The maximum Gasteiger partial charge on any atom is 0.280 e. The lowest BCUT2D eigenvalue weighted by molar-refractivity contribution is -0.143. The minimum atomic E-state index is -1.25. The summed E-state index contributed by atoms with van der Waals surface area (Å²) in [5, 5.41) is 22.1. The van der Waals surface area contributed by atoms with E-state index in [1.807, 2.05) is 30.3 Å². The summed E-state index contributed by atoms with van der Waals surface area (Å²) in [7, 11) is 0. The third-order valence-electron chi connectivity index (χ3n) is 8.26. The molecule has 214 valence electrons. The minimum absolute atomic E-state index is 0.0228. The number of rotatable bonds is 6. The highest BCUT2D eigenvalue weighted by atomic mass is 19.1. The molecule has 1 amide bonds. The van der Waals surface area contributed by atoms with Crippen LogP contribution in [0.1, 0.15) is 43.6 Å². The number of aliphatic hydroxyl groups is 2. The van der Waals surface area contributed by atoms with Crippen molar-refractivity contribution < 1.29 is 24.1 Å². The van der Waals surface area contributed by atoms with E-state index in [9.17, 15) is 24.2 Å². The molecule has 2 fully saturated rings. The summed E-state index contributed by atoms with van der Waals surface area (Å²) in [5.74, 6) is 1.67. The monoisotopic (exact) mass is 560 g/mol. The normalized spacial score (nSPS) is 23.9. The lowest BCUT2D eigenvalue weighted by atomic mass is 9.68. The largest absolute Gasteiger partial charge is 0.437 e. The first kappa shape index (κ1) is 28.3. The summed E-state index contributed by atoms with van der Waals surface area (Å²) < 4.78 is 19.9. The van der Waals surface area contributed by atoms with Crippen LogP contribution in [-0.4, -0.2) is 54.9 Å². The number of ether oxygens (including phenoxy) is 1. The topological polar surface area (TPSA) is 131 Å². The van der Waals surface area contributed by atoms with Crippen LogP contribution in [0.4, 0.5) is 10.1 Å². The highest BCUT2D eigenvalue weighted by Gasteiger charge is 2.44. The molecule has 1 aromatic heterocycles. The van der Waals surface area contributed by atoms with Gasteiger partial charge in [-0.15, -0.1) is 6.42 Å². The van der Waals surface area contributed by atoms with Gasteiger partial charge in [0.25, 0.3) is 5.56 Å². The second kappa shape index (κ2) is 11.4. The summed E-state index contributed by atoms with van der Waals surface area (Å²) in [6.07, 6.45) is 8.52. The van der Waals surface area contributed by atoms with Gasteiger partial charge in [0.1, 0.15) is 23.5 Å². The van der Waals surface area contributed by atoms with E-state index < -0.39 is 22.6 Å². The van der Waals surface area contributed by atoms with Gasteiger partial charge in [-0.05, 0) is 67.9 Å². The molecule has 3 aromatic rings. The summed E-state index contributed by atoms with van der Waals surface area (Å²) in [4.78, 5) is 32.5. The number of carbonyl (C=O) groups is 1. The molecule has 1 saturated heterocycles. The number of amides is 1. The van der Waals surface area contributed by atoms with Crippen molar-refractivity contribution in [2.45, 2.75) is 55.8 Å². The Bertz CT molecular complexity index is 1500. The van der Waals surface area contributed by atoms with Gasteiger partial charge < -0.3 is 25.6 Å². The molecular weight excluding hydrogens is 527 g/mol. The average Bonchev–Trinajstić information content (AvgIpc) is 2.98. The first-order valence-electron chi connectivity index (χ1n) is 13.6. The Labute approximate surface area is 237 Å². The number of aromatic nitrogens is 2. The Balaban J connectivity index is 1.25. The van der Waals surface area contributed by atoms with Crippen molar-refractivity contribution in [1.82, 2.24) is 14.5 Å². The molecule has 1 aliphatic carbocycles. The van der Waals surface area contributed by atoms with Crippen molar-refractivity contribution >= 4 is 11.6 Å². The van der Waals surface area contributed by atoms with Gasteiger partial charge in [0, 0.05) is 19.0 Å². The maximum atomic E-state index is 13.7. The van der Waals surface area contributed by atoms with E-state index in [2.05, 4.69) is 10.9 Å². The number of halogens is 1. The van der Waals surface area contributed by atoms with E-state index in [-0.39, 0.29) is 54.4 Å². The third-order valence-corrected chi connectivity index (χ3v) is 8.26. The third kappa shape index (κ3) is 6.11. The molecule has 0 bridgehead atoms. The number of nitrogens with zero attached hydrogens (tertiary/aromatic N) is 3. The Kier molecular flexibility index (Phi) is 7.84. The zero-order valence-corrected chi connectivity index (χ0v) is 22.6. The molecule has 10 heteroatoms. The van der Waals surface area contributed by atoms with Crippen molar-refractivity contribution in [3.63, 3.8) is 0 Å². The molecule has 2 heterocycles. The van der Waals surface area contributed by atoms with Gasteiger partial charge in [0.15, 0.2) is 5.69 Å². The molecular formula is C31H33FN4O5. The van der Waals surface area contributed by atoms with Gasteiger partial charge in [-0.1, -0.05) is 36.3 Å². The van der Waals surface area contributed by atoms with E-state index in [1.165, 1.54) is 35.2 Å². The van der Waals surface area contributed by atoms with Crippen LogP contribution in [-0.2, 0) is 11.3 Å². The Morgan fingerprint density at radius 3 is 2.46 bits per heavy atom. The van der Waals surface area contributed by atoms with Crippen LogP contribution in [0.5, 0.6) is 11.6 Å². The molecule has 1 aliphatic heterocycles. The molecule has 0 radical (unpaired) electrons. The number of likely N-dealkylation sites (tertiary alicyclic amines) is 1. The molecule has 0 spiro atoms. The number of nitrogens with two attached hydrogens (primary N) is 1. The Morgan fingerprint density at radius 2 is 1.80 bits per heavy atom. The molecule has 2 aliphatic rings. The predicted octanol–water partition coefficient (Wildman–Crippen LogP) is 3.06. The summed E-state index contributed by atoms with van der Waals surface area (Å²) in [6.45, 7) is 0.583. The van der Waals surface area contributed by atoms with Crippen LogP contribution < -0.4 is 16.0 Å². The fraction of sp³-hybridized carbons (Fsp3) is 0.387. The highest BCUT2D eigenvalue weighted by Crippen LogP contribution is 2.43. The Morgan fingerprint density at radius 1 is 1.12 bits per heavy atom. The molecule has 0 unspecified atom stereocenters. The van der Waals surface area contributed by atoms with E-state index in [0.717, 1.165) is 5.56 Å². The van der Waals surface area contributed by atoms with Crippen molar-refractivity contribution in [1.29, 1.82) is 0 Å². The fourth-order valence-corrected chi connectivity index (χ4v) is 5.83. The molecule has 41 heavy (non-hydrogen) atoms. The molecule has 4 N–H and O–H groups in total. The van der Waals surface area contributed by atoms with E-state index in [1.54, 1.807) is 4.90 Å². The van der Waals surface area contributed by atoms with Crippen LogP contribution in [0.25, 0.3) is 0 Å². The number of nitrogen functional groups attached to an aromatic ring is 1. The lowest BCUT2D eigenvalue weighted by Crippen LogP contribution is -2.52. The highest BCUT2D eigenvalue weighted by molar-refractivity contribution is 5.80. The summed E-state index contributed by atoms with van der Waals surface area (Å²) in [5.41, 5.74) is 3.65. The Hall–Kier alpha value is -4.20. The van der Waals surface area contributed by atoms with Crippen molar-refractivity contribution in [2.75, 3.05) is 18.8 Å². The van der Waals surface area contributed by atoms with Crippen molar-refractivity contribution in [2.24, 2.45) is 5.92 Å². The number of piperidine rings is 1. The van der Waals surface area contributed by atoms with Crippen LogP contribution in [0.3, 0.4) is 0 Å². The molecule has 1 saturated carbocycles. The molecule has 3 atom stereocenters. The fourth-order valence-electron chi connectivity index (χ4n) is 5.83. The van der Waals surface area contributed by atoms with Gasteiger partial charge in [-0.2, -0.15) is 0 Å². The zero-order chi connectivity index (χ0) is 29.2. The SMILES string of the molecule is C#C[C@]1(O)CC[C@@H](C(=O)N2CCC(O)(Cn3cnc(Oc4ccc(F)cc4)c(N)c3=O)CC2)[C@H](c2ccccc2)C1. The zero-order valence-electron chi connectivity index (χ0n) is 22.6. The van der Waals surface area contributed by atoms with Gasteiger partial charge in [-0.25, -0.2) is 9.37 Å². The first-order valence-corrected chi connectivity index (χ1v) is 13.6. The van der Waals surface area contributed by atoms with E-state index in [0.29, 0.717) is 32.4 Å². The smallest absolute Gasteiger partial charge is 0.280 e. The van der Waals surface area contributed by atoms with Gasteiger partial charge in [0.05, 0.1) is 12.1 Å². The van der Waals surface area contributed by atoms with Gasteiger partial charge in [-0.3, -0.25) is 14.2 Å². The predicted molar refractivity (Wildman–Crippen MR) is 150 cm³/mol. The number of carbonyl (C=O) groups excluding carboxylic acids is 1. The lowest BCUT2D eigenvalue weighted by Gasteiger charge is -2.43.